The molecule has 0 amide bonds. The zero-order valence-electron chi connectivity index (χ0n) is 14.5. The summed E-state index contributed by atoms with van der Waals surface area (Å²) in [5.41, 5.74) is 1.47. The van der Waals surface area contributed by atoms with E-state index in [4.69, 9.17) is 0 Å². The Hall–Kier alpha value is -1.96. The lowest BCUT2D eigenvalue weighted by atomic mass is 10.0. The van der Waals surface area contributed by atoms with E-state index in [-0.39, 0.29) is 11.7 Å². The van der Waals surface area contributed by atoms with Crippen LogP contribution >= 0.6 is 11.8 Å². The highest BCUT2D eigenvalue weighted by Crippen LogP contribution is 2.45. The van der Waals surface area contributed by atoms with Crippen LogP contribution in [0.25, 0.3) is 5.65 Å². The van der Waals surface area contributed by atoms with E-state index in [1.54, 1.807) is 18.0 Å². The van der Waals surface area contributed by atoms with Gasteiger partial charge in [0.25, 0.3) is 0 Å². The molecule has 0 N–H and O–H groups in total. The molecule has 2 aliphatic rings. The molecule has 1 unspecified atom stereocenters. The number of nitrogens with zero attached hydrogens (tertiary/aromatic N) is 4. The highest BCUT2D eigenvalue weighted by atomic mass is 32.2. The van der Waals surface area contributed by atoms with E-state index >= 15 is 0 Å². The summed E-state index contributed by atoms with van der Waals surface area (Å²) in [6.07, 6.45) is 4.96. The number of likely N-dealkylation sites (N-methyl/N-ethyl adjacent to an activating group) is 1. The average molecular weight is 380 g/mol. The fourth-order valence-electron chi connectivity index (χ4n) is 3.25. The maximum atomic E-state index is 12.9. The molecule has 2 aromatic rings. The van der Waals surface area contributed by atoms with Crippen molar-refractivity contribution in [3.05, 3.63) is 52.5 Å². The molecule has 138 valence electrons. The van der Waals surface area contributed by atoms with Crippen molar-refractivity contribution in [2.75, 3.05) is 12.8 Å². The van der Waals surface area contributed by atoms with Crippen LogP contribution in [0, 0.1) is 5.92 Å². The van der Waals surface area contributed by atoms with Gasteiger partial charge in [-0.25, -0.2) is 9.50 Å². The first-order valence-electron chi connectivity index (χ1n) is 8.57. The molecule has 1 saturated carbocycles. The molecule has 26 heavy (non-hydrogen) atoms. The summed E-state index contributed by atoms with van der Waals surface area (Å²) in [4.78, 5) is 7.74. The molecule has 0 radical (unpaired) electrons. The fraction of sp³-hybridized carbons (Fsp3) is 0.444. The van der Waals surface area contributed by atoms with Crippen LogP contribution in [0.1, 0.15) is 37.1 Å². The van der Waals surface area contributed by atoms with Crippen LogP contribution in [0.5, 0.6) is 0 Å². The monoisotopic (exact) mass is 380 g/mol. The van der Waals surface area contributed by atoms with Crippen LogP contribution in [0.4, 0.5) is 13.2 Å². The van der Waals surface area contributed by atoms with Gasteiger partial charge in [-0.15, -0.1) is 11.8 Å². The van der Waals surface area contributed by atoms with Crippen LogP contribution in [-0.4, -0.2) is 32.3 Å². The maximum absolute atomic E-state index is 12.9. The number of hydrogen-bond donors (Lipinski definition) is 0. The van der Waals surface area contributed by atoms with Crippen molar-refractivity contribution in [1.82, 2.24) is 19.5 Å². The van der Waals surface area contributed by atoms with E-state index in [9.17, 15) is 13.2 Å². The summed E-state index contributed by atoms with van der Waals surface area (Å²) in [5.74, 6) is 1.57. The standard InChI is InChI=1S/C18H19F3N4S/c1-3-26-15-6-12(11-4-5-11)9-24(2)17(15)14-10-25-16(23-14)7-13(8-22-25)18(19,20)21/h6-11,17H,3-5H2,1-2H3. The Labute approximate surface area is 153 Å². The quantitative estimate of drug-likeness (QED) is 0.772. The summed E-state index contributed by atoms with van der Waals surface area (Å²) in [6, 6.07) is 0.944. The van der Waals surface area contributed by atoms with Crippen molar-refractivity contribution in [3.8, 4) is 0 Å². The normalized spacial score (nSPS) is 21.1. The predicted molar refractivity (Wildman–Crippen MR) is 95.5 cm³/mol. The first-order valence-corrected chi connectivity index (χ1v) is 9.56. The molecule has 0 saturated heterocycles. The minimum absolute atomic E-state index is 0.0986. The van der Waals surface area contributed by atoms with Crippen LogP contribution in [0.2, 0.25) is 0 Å². The Bertz CT molecular complexity index is 895. The third-order valence-electron chi connectivity index (χ3n) is 4.64. The maximum Gasteiger partial charge on any atom is 0.418 e. The van der Waals surface area contributed by atoms with Gasteiger partial charge < -0.3 is 4.90 Å². The lowest BCUT2D eigenvalue weighted by Gasteiger charge is -2.32. The summed E-state index contributed by atoms with van der Waals surface area (Å²) in [5, 5.41) is 3.89. The number of imidazole rings is 1. The Kier molecular flexibility index (Phi) is 4.25. The SMILES string of the molecule is CCSC1=CC(C2CC2)=CN(C)C1c1cn2ncc(C(F)(F)F)cc2n1. The van der Waals surface area contributed by atoms with Crippen molar-refractivity contribution in [1.29, 1.82) is 0 Å². The second-order valence-corrected chi connectivity index (χ2v) is 8.00. The molecule has 0 spiro atoms. The van der Waals surface area contributed by atoms with E-state index in [1.165, 1.54) is 27.8 Å². The summed E-state index contributed by atoms with van der Waals surface area (Å²) >= 11 is 1.75. The third kappa shape index (κ3) is 3.22. The molecule has 1 aliphatic heterocycles. The van der Waals surface area contributed by atoms with Crippen molar-refractivity contribution in [3.63, 3.8) is 0 Å². The molecule has 1 atom stereocenters. The van der Waals surface area contributed by atoms with Gasteiger partial charge >= 0.3 is 6.18 Å². The molecule has 1 aliphatic carbocycles. The van der Waals surface area contributed by atoms with Gasteiger partial charge in [-0.1, -0.05) is 6.92 Å². The van der Waals surface area contributed by atoms with Gasteiger partial charge in [0.2, 0.25) is 0 Å². The second kappa shape index (κ2) is 6.33. The van der Waals surface area contributed by atoms with Crippen LogP contribution in [-0.2, 0) is 6.18 Å². The van der Waals surface area contributed by atoms with Crippen molar-refractivity contribution in [2.24, 2.45) is 5.92 Å². The number of allylic oxidation sites excluding steroid dienone is 2. The van der Waals surface area contributed by atoms with Gasteiger partial charge in [0.15, 0.2) is 5.65 Å². The van der Waals surface area contributed by atoms with E-state index in [1.807, 2.05) is 7.05 Å². The zero-order chi connectivity index (χ0) is 18.5. The molecule has 2 aromatic heterocycles. The van der Waals surface area contributed by atoms with Crippen molar-refractivity contribution >= 4 is 17.4 Å². The number of thioether (sulfide) groups is 1. The number of fused-ring (bicyclic) bond motifs is 1. The van der Waals surface area contributed by atoms with E-state index < -0.39 is 11.7 Å². The highest BCUT2D eigenvalue weighted by molar-refractivity contribution is 8.03. The Balaban J connectivity index is 1.72. The number of hydrogen-bond acceptors (Lipinski definition) is 4. The lowest BCUT2D eigenvalue weighted by Crippen LogP contribution is -2.24. The largest absolute Gasteiger partial charge is 0.418 e. The van der Waals surface area contributed by atoms with Gasteiger partial charge in [-0.2, -0.15) is 18.3 Å². The Morgan fingerprint density at radius 1 is 1.31 bits per heavy atom. The lowest BCUT2D eigenvalue weighted by molar-refractivity contribution is -0.137. The molecule has 3 heterocycles. The molecule has 4 rings (SSSR count). The molecule has 1 fully saturated rings. The molecular formula is C18H19F3N4S. The second-order valence-electron chi connectivity index (χ2n) is 6.66. The number of alkyl halides is 3. The zero-order valence-corrected chi connectivity index (χ0v) is 15.3. The first kappa shape index (κ1) is 17.5. The van der Waals surface area contributed by atoms with E-state index in [0.717, 1.165) is 18.0 Å². The number of rotatable bonds is 4. The number of aromatic nitrogens is 3. The molecule has 8 heteroatoms. The minimum Gasteiger partial charge on any atom is -0.367 e. The minimum atomic E-state index is -4.42. The molecular weight excluding hydrogens is 361 g/mol. The van der Waals surface area contributed by atoms with E-state index in [0.29, 0.717) is 11.6 Å². The first-order chi connectivity index (χ1) is 12.4. The van der Waals surface area contributed by atoms with Crippen LogP contribution in [0.3, 0.4) is 0 Å². The molecule has 0 aromatic carbocycles. The van der Waals surface area contributed by atoms with Crippen molar-refractivity contribution < 1.29 is 13.2 Å². The van der Waals surface area contributed by atoms with Crippen LogP contribution < -0.4 is 0 Å². The van der Waals surface area contributed by atoms with Gasteiger partial charge in [-0.05, 0) is 42.2 Å². The summed E-state index contributed by atoms with van der Waals surface area (Å²) in [6.45, 7) is 2.10. The van der Waals surface area contributed by atoms with Gasteiger partial charge in [-0.3, -0.25) is 0 Å². The fourth-order valence-corrected chi connectivity index (χ4v) is 4.25. The topological polar surface area (TPSA) is 33.4 Å². The number of halogens is 3. The summed E-state index contributed by atoms with van der Waals surface area (Å²) in [7, 11) is 1.99. The Morgan fingerprint density at radius 3 is 2.73 bits per heavy atom. The molecule has 0 bridgehead atoms. The van der Waals surface area contributed by atoms with Gasteiger partial charge in [0.1, 0.15) is 6.04 Å². The van der Waals surface area contributed by atoms with E-state index in [2.05, 4.69) is 34.2 Å². The Morgan fingerprint density at radius 2 is 2.08 bits per heavy atom. The van der Waals surface area contributed by atoms with Gasteiger partial charge in [0.05, 0.1) is 23.7 Å². The average Bonchev–Trinajstić information content (AvgIpc) is 3.33. The van der Waals surface area contributed by atoms with Crippen LogP contribution in [0.15, 0.2) is 41.2 Å². The van der Waals surface area contributed by atoms with Crippen molar-refractivity contribution in [2.45, 2.75) is 32.0 Å². The summed E-state index contributed by atoms with van der Waals surface area (Å²) < 4.78 is 40.2. The third-order valence-corrected chi connectivity index (χ3v) is 5.61. The predicted octanol–water partition coefficient (Wildman–Crippen LogP) is 4.67. The molecule has 4 nitrogen and oxygen atoms in total. The van der Waals surface area contributed by atoms with Gasteiger partial charge in [0, 0.05) is 18.2 Å². The smallest absolute Gasteiger partial charge is 0.367 e. The highest BCUT2D eigenvalue weighted by Gasteiger charge is 2.34.